The van der Waals surface area contributed by atoms with Gasteiger partial charge in [-0.15, -0.1) is 0 Å². The minimum absolute atomic E-state index is 0.0245. The van der Waals surface area contributed by atoms with Crippen molar-refractivity contribution in [1.29, 1.82) is 0 Å². The van der Waals surface area contributed by atoms with Gasteiger partial charge < -0.3 is 15.2 Å². The summed E-state index contributed by atoms with van der Waals surface area (Å²) in [4.78, 5) is 23.1. The molecule has 0 saturated carbocycles. The summed E-state index contributed by atoms with van der Waals surface area (Å²) >= 11 is 0. The molecule has 1 aromatic rings. The Morgan fingerprint density at radius 3 is 2.32 bits per heavy atom. The van der Waals surface area contributed by atoms with Crippen LogP contribution >= 0.6 is 0 Å². The van der Waals surface area contributed by atoms with E-state index in [-0.39, 0.29) is 17.9 Å². The minimum Gasteiger partial charge on any atom is -0.480 e. The van der Waals surface area contributed by atoms with E-state index in [2.05, 4.69) is 5.32 Å². The van der Waals surface area contributed by atoms with Gasteiger partial charge in [0.15, 0.2) is 0 Å². The van der Waals surface area contributed by atoms with Gasteiger partial charge in [0.05, 0.1) is 0 Å². The number of carbonyl (C=O) groups excluding carboxylic acids is 1. The van der Waals surface area contributed by atoms with Gasteiger partial charge in [0.2, 0.25) is 0 Å². The van der Waals surface area contributed by atoms with Crippen LogP contribution in [0.1, 0.15) is 39.7 Å². The summed E-state index contributed by atoms with van der Waals surface area (Å²) < 4.78 is 5.06. The van der Waals surface area contributed by atoms with Crippen LogP contribution in [0.5, 0.6) is 0 Å². The van der Waals surface area contributed by atoms with Crippen LogP contribution in [0.4, 0.5) is 4.79 Å². The molecule has 0 aliphatic heterocycles. The Morgan fingerprint density at radius 1 is 1.23 bits per heavy atom. The van der Waals surface area contributed by atoms with Crippen LogP contribution < -0.4 is 5.32 Å². The molecule has 0 bridgehead atoms. The molecule has 0 heterocycles. The largest absolute Gasteiger partial charge is 0.480 e. The van der Waals surface area contributed by atoms with E-state index >= 15 is 0 Å². The van der Waals surface area contributed by atoms with Gasteiger partial charge in [0.25, 0.3) is 0 Å². The molecule has 0 saturated heterocycles. The first kappa shape index (κ1) is 18.0. The van der Waals surface area contributed by atoms with Crippen LogP contribution in [0.2, 0.25) is 0 Å². The molecule has 0 aromatic heterocycles. The molecule has 2 N–H and O–H groups in total. The monoisotopic (exact) mass is 307 g/mol. The molecule has 0 aliphatic rings. The van der Waals surface area contributed by atoms with Gasteiger partial charge in [0.1, 0.15) is 12.6 Å². The van der Waals surface area contributed by atoms with Crippen molar-refractivity contribution in [3.05, 3.63) is 35.9 Å². The third kappa shape index (κ3) is 6.16. The molecule has 2 atom stereocenters. The van der Waals surface area contributed by atoms with E-state index < -0.39 is 18.1 Å². The summed E-state index contributed by atoms with van der Waals surface area (Å²) in [5.74, 6) is -0.907. The average molecular weight is 307 g/mol. The number of benzene rings is 1. The lowest BCUT2D eigenvalue weighted by Crippen LogP contribution is -2.43. The fourth-order valence-corrected chi connectivity index (χ4v) is 1.84. The van der Waals surface area contributed by atoms with Crippen molar-refractivity contribution in [2.75, 3.05) is 0 Å². The third-order valence-electron chi connectivity index (χ3n) is 3.87. The molecule has 0 fully saturated rings. The molecular formula is C17H25NO4. The molecule has 5 heteroatoms. The first-order chi connectivity index (χ1) is 10.2. The Hall–Kier alpha value is -2.04. The van der Waals surface area contributed by atoms with Crippen LogP contribution in [0, 0.1) is 11.3 Å². The van der Waals surface area contributed by atoms with Crippen LogP contribution in [0.25, 0.3) is 0 Å². The number of carboxylic acids is 1. The number of hydrogen-bond donors (Lipinski definition) is 2. The van der Waals surface area contributed by atoms with Crippen molar-refractivity contribution in [3.8, 4) is 0 Å². The molecule has 122 valence electrons. The zero-order valence-electron chi connectivity index (χ0n) is 13.6. The normalized spacial score (nSPS) is 14.0. The second-order valence-corrected chi connectivity index (χ2v) is 6.60. The number of rotatable bonds is 6. The summed E-state index contributed by atoms with van der Waals surface area (Å²) in [6.07, 6.45) is -0.350. The number of aliphatic carboxylic acids is 1. The first-order valence-corrected chi connectivity index (χ1v) is 7.40. The molecular weight excluding hydrogens is 282 g/mol. The minimum atomic E-state index is -1.05. The molecule has 1 aromatic carbocycles. The van der Waals surface area contributed by atoms with Crippen molar-refractivity contribution < 1.29 is 19.4 Å². The molecule has 1 rings (SSSR count). The topological polar surface area (TPSA) is 75.6 Å². The van der Waals surface area contributed by atoms with E-state index in [1.165, 1.54) is 0 Å². The fourth-order valence-electron chi connectivity index (χ4n) is 1.84. The standard InChI is InChI=1S/C17H25NO4/c1-12(17(2,3)4)10-14(15(19)20)18-16(21)22-11-13-8-6-5-7-9-13/h5-9,12,14H,10-11H2,1-4H3,(H,18,21)(H,19,20). The van der Waals surface area contributed by atoms with Crippen molar-refractivity contribution in [2.24, 2.45) is 11.3 Å². The first-order valence-electron chi connectivity index (χ1n) is 7.40. The molecule has 5 nitrogen and oxygen atoms in total. The van der Waals surface area contributed by atoms with Gasteiger partial charge >= 0.3 is 12.1 Å². The van der Waals surface area contributed by atoms with Gasteiger partial charge in [0, 0.05) is 0 Å². The van der Waals surface area contributed by atoms with Crippen LogP contribution in [-0.4, -0.2) is 23.2 Å². The quantitative estimate of drug-likeness (QED) is 0.844. The second kappa shape index (κ2) is 7.82. The van der Waals surface area contributed by atoms with Gasteiger partial charge in [-0.25, -0.2) is 9.59 Å². The fraction of sp³-hybridized carbons (Fsp3) is 0.529. The maximum Gasteiger partial charge on any atom is 0.408 e. The number of carboxylic acid groups (broad SMARTS) is 1. The molecule has 0 spiro atoms. The Balaban J connectivity index is 2.52. The van der Waals surface area contributed by atoms with E-state index in [0.29, 0.717) is 6.42 Å². The van der Waals surface area contributed by atoms with Crippen LogP contribution in [0.15, 0.2) is 30.3 Å². The lowest BCUT2D eigenvalue weighted by atomic mass is 9.78. The number of hydrogen-bond acceptors (Lipinski definition) is 3. The van der Waals surface area contributed by atoms with Crippen LogP contribution in [-0.2, 0) is 16.1 Å². The zero-order chi connectivity index (χ0) is 16.8. The van der Waals surface area contributed by atoms with Crippen molar-refractivity contribution in [1.82, 2.24) is 5.32 Å². The smallest absolute Gasteiger partial charge is 0.408 e. The Labute approximate surface area is 131 Å². The SMILES string of the molecule is CC(CC(NC(=O)OCc1ccccc1)C(=O)O)C(C)(C)C. The molecule has 1 amide bonds. The highest BCUT2D eigenvalue weighted by molar-refractivity contribution is 5.79. The van der Waals surface area contributed by atoms with E-state index in [1.807, 2.05) is 58.0 Å². The number of ether oxygens (including phenoxy) is 1. The Bertz CT molecular complexity index is 493. The maximum absolute atomic E-state index is 11.8. The van der Waals surface area contributed by atoms with Gasteiger partial charge in [-0.3, -0.25) is 0 Å². The van der Waals surface area contributed by atoms with Gasteiger partial charge in [-0.1, -0.05) is 58.0 Å². The summed E-state index contributed by atoms with van der Waals surface area (Å²) in [5.41, 5.74) is 0.830. The van der Waals surface area contributed by atoms with Crippen molar-refractivity contribution >= 4 is 12.1 Å². The van der Waals surface area contributed by atoms with E-state index in [1.54, 1.807) is 0 Å². The summed E-state index contributed by atoms with van der Waals surface area (Å²) in [5, 5.41) is 11.7. The number of carbonyl (C=O) groups is 2. The highest BCUT2D eigenvalue weighted by Gasteiger charge is 2.28. The predicted octanol–water partition coefficient (Wildman–Crippen LogP) is 3.44. The lowest BCUT2D eigenvalue weighted by molar-refractivity contribution is -0.140. The third-order valence-corrected chi connectivity index (χ3v) is 3.87. The molecule has 2 unspecified atom stereocenters. The van der Waals surface area contributed by atoms with Gasteiger partial charge in [-0.05, 0) is 23.3 Å². The Morgan fingerprint density at radius 2 is 1.82 bits per heavy atom. The summed E-state index contributed by atoms with van der Waals surface area (Å²) in [7, 11) is 0. The Kier molecular flexibility index (Phi) is 6.40. The summed E-state index contributed by atoms with van der Waals surface area (Å²) in [6.45, 7) is 8.24. The van der Waals surface area contributed by atoms with Crippen LogP contribution in [0.3, 0.4) is 0 Å². The number of amides is 1. The molecule has 0 aliphatic carbocycles. The number of nitrogens with one attached hydrogen (secondary N) is 1. The lowest BCUT2D eigenvalue weighted by Gasteiger charge is -2.29. The predicted molar refractivity (Wildman–Crippen MR) is 84.4 cm³/mol. The molecule has 0 radical (unpaired) electrons. The van der Waals surface area contributed by atoms with Crippen molar-refractivity contribution in [3.63, 3.8) is 0 Å². The average Bonchev–Trinajstić information content (AvgIpc) is 2.44. The maximum atomic E-state index is 11.8. The molecule has 22 heavy (non-hydrogen) atoms. The van der Waals surface area contributed by atoms with E-state index in [4.69, 9.17) is 4.74 Å². The zero-order valence-corrected chi connectivity index (χ0v) is 13.6. The summed E-state index contributed by atoms with van der Waals surface area (Å²) in [6, 6.07) is 8.30. The van der Waals surface area contributed by atoms with E-state index in [9.17, 15) is 14.7 Å². The van der Waals surface area contributed by atoms with Gasteiger partial charge in [-0.2, -0.15) is 0 Å². The van der Waals surface area contributed by atoms with E-state index in [0.717, 1.165) is 5.56 Å². The van der Waals surface area contributed by atoms with Crippen molar-refractivity contribution in [2.45, 2.75) is 46.8 Å². The highest BCUT2D eigenvalue weighted by atomic mass is 16.5. The second-order valence-electron chi connectivity index (χ2n) is 6.60. The highest BCUT2D eigenvalue weighted by Crippen LogP contribution is 2.29. The number of alkyl carbamates (subject to hydrolysis) is 1.